The molecule has 0 saturated heterocycles. The normalized spacial score (nSPS) is 10.2. The Bertz CT molecular complexity index is 492. The van der Waals surface area contributed by atoms with Crippen LogP contribution in [0.15, 0.2) is 18.2 Å². The van der Waals surface area contributed by atoms with Gasteiger partial charge in [0, 0.05) is 19.2 Å². The number of ether oxygens (including phenoxy) is 2. The highest BCUT2D eigenvalue weighted by atomic mass is 19.1. The van der Waals surface area contributed by atoms with Crippen LogP contribution in [0.2, 0.25) is 0 Å². The number of halogens is 1. The van der Waals surface area contributed by atoms with Crippen molar-refractivity contribution in [3.8, 4) is 5.75 Å². The van der Waals surface area contributed by atoms with E-state index in [0.29, 0.717) is 0 Å². The van der Waals surface area contributed by atoms with Gasteiger partial charge >= 0.3 is 5.97 Å². The average molecular weight is 285 g/mol. The van der Waals surface area contributed by atoms with E-state index in [2.05, 4.69) is 0 Å². The fourth-order valence-electron chi connectivity index (χ4n) is 1.60. The second-order valence-corrected chi connectivity index (χ2v) is 3.96. The van der Waals surface area contributed by atoms with Gasteiger partial charge < -0.3 is 19.5 Å². The minimum atomic E-state index is -1.15. The summed E-state index contributed by atoms with van der Waals surface area (Å²) in [5, 5.41) is 8.79. The van der Waals surface area contributed by atoms with E-state index in [1.54, 1.807) is 0 Å². The summed E-state index contributed by atoms with van der Waals surface area (Å²) in [6, 6.07) is 3.71. The lowest BCUT2D eigenvalue weighted by Gasteiger charge is -2.20. The molecule has 1 N–H and O–H groups in total. The second-order valence-electron chi connectivity index (χ2n) is 3.96. The molecule has 0 unspecified atom stereocenters. The van der Waals surface area contributed by atoms with E-state index in [-0.39, 0.29) is 24.5 Å². The molecule has 0 aliphatic heterocycles. The third kappa shape index (κ3) is 4.20. The number of carboxylic acid groups (broad SMARTS) is 1. The van der Waals surface area contributed by atoms with Crippen LogP contribution in [-0.2, 0) is 9.53 Å². The molecule has 6 nitrogen and oxygen atoms in total. The minimum Gasteiger partial charge on any atom is -0.494 e. The lowest BCUT2D eigenvalue weighted by atomic mass is 10.2. The first-order valence-corrected chi connectivity index (χ1v) is 5.83. The molecule has 1 rings (SSSR count). The highest BCUT2D eigenvalue weighted by molar-refractivity contribution is 5.96. The van der Waals surface area contributed by atoms with Crippen LogP contribution in [-0.4, -0.2) is 55.8 Å². The monoisotopic (exact) mass is 285 g/mol. The number of carboxylic acids is 1. The Hall–Kier alpha value is -2.15. The van der Waals surface area contributed by atoms with Crippen LogP contribution >= 0.6 is 0 Å². The van der Waals surface area contributed by atoms with Gasteiger partial charge in [-0.2, -0.15) is 0 Å². The number of nitrogens with zero attached hydrogens (tertiary/aromatic N) is 1. The topological polar surface area (TPSA) is 76.1 Å². The number of carbonyl (C=O) groups excluding carboxylic acids is 1. The maximum atomic E-state index is 13.6. The van der Waals surface area contributed by atoms with Gasteiger partial charge in [-0.25, -0.2) is 4.39 Å². The van der Waals surface area contributed by atoms with Crippen molar-refractivity contribution in [2.75, 3.05) is 33.9 Å². The predicted molar refractivity (Wildman–Crippen MR) is 68.4 cm³/mol. The number of benzene rings is 1. The van der Waals surface area contributed by atoms with Crippen LogP contribution in [0, 0.1) is 5.82 Å². The SMILES string of the molecule is COCCN(CC(=O)O)C(=O)c1ccc(OC)c(F)c1. The first-order chi connectivity index (χ1) is 9.49. The van der Waals surface area contributed by atoms with Crippen molar-refractivity contribution in [1.82, 2.24) is 4.90 Å². The van der Waals surface area contributed by atoms with Gasteiger partial charge in [0.25, 0.3) is 5.91 Å². The van der Waals surface area contributed by atoms with E-state index < -0.39 is 24.2 Å². The fraction of sp³-hybridized carbons (Fsp3) is 0.385. The molecule has 1 aromatic carbocycles. The van der Waals surface area contributed by atoms with Gasteiger partial charge in [0.1, 0.15) is 6.54 Å². The number of carbonyl (C=O) groups is 2. The Morgan fingerprint density at radius 1 is 1.35 bits per heavy atom. The van der Waals surface area contributed by atoms with E-state index >= 15 is 0 Å². The summed E-state index contributed by atoms with van der Waals surface area (Å²) in [5.74, 6) is -2.39. The Morgan fingerprint density at radius 2 is 2.05 bits per heavy atom. The van der Waals surface area contributed by atoms with Gasteiger partial charge in [0.2, 0.25) is 0 Å². The molecule has 1 aromatic rings. The van der Waals surface area contributed by atoms with Gasteiger partial charge in [-0.3, -0.25) is 9.59 Å². The number of aliphatic carboxylic acids is 1. The zero-order valence-electron chi connectivity index (χ0n) is 11.3. The zero-order chi connectivity index (χ0) is 15.1. The summed E-state index contributed by atoms with van der Waals surface area (Å²) in [6.45, 7) is -0.178. The van der Waals surface area contributed by atoms with Crippen molar-refractivity contribution in [2.45, 2.75) is 0 Å². The van der Waals surface area contributed by atoms with Crippen molar-refractivity contribution in [1.29, 1.82) is 0 Å². The van der Waals surface area contributed by atoms with Gasteiger partial charge in [-0.15, -0.1) is 0 Å². The number of rotatable bonds is 7. The fourth-order valence-corrected chi connectivity index (χ4v) is 1.60. The third-order valence-corrected chi connectivity index (χ3v) is 2.58. The quantitative estimate of drug-likeness (QED) is 0.809. The highest BCUT2D eigenvalue weighted by Crippen LogP contribution is 2.18. The predicted octanol–water partition coefficient (Wildman–Crippen LogP) is 1.01. The largest absolute Gasteiger partial charge is 0.494 e. The molecule has 20 heavy (non-hydrogen) atoms. The van der Waals surface area contributed by atoms with Gasteiger partial charge in [0.05, 0.1) is 13.7 Å². The summed E-state index contributed by atoms with van der Waals surface area (Å²) < 4.78 is 23.1. The van der Waals surface area contributed by atoms with Crippen molar-refractivity contribution in [2.24, 2.45) is 0 Å². The van der Waals surface area contributed by atoms with E-state index in [1.165, 1.54) is 26.4 Å². The lowest BCUT2D eigenvalue weighted by molar-refractivity contribution is -0.137. The zero-order valence-corrected chi connectivity index (χ0v) is 11.3. The standard InChI is InChI=1S/C13H16FNO5/c1-19-6-5-15(8-12(16)17)13(18)9-3-4-11(20-2)10(14)7-9/h3-4,7H,5-6,8H2,1-2H3,(H,16,17). The molecule has 1 amide bonds. The van der Waals surface area contributed by atoms with E-state index in [4.69, 9.17) is 14.6 Å². The summed E-state index contributed by atoms with van der Waals surface area (Å²) in [7, 11) is 2.76. The summed E-state index contributed by atoms with van der Waals surface area (Å²) in [6.07, 6.45) is 0. The second kappa shape index (κ2) is 7.44. The van der Waals surface area contributed by atoms with Gasteiger partial charge in [-0.1, -0.05) is 0 Å². The smallest absolute Gasteiger partial charge is 0.323 e. The Balaban J connectivity index is 2.92. The number of hydrogen-bond acceptors (Lipinski definition) is 4. The van der Waals surface area contributed by atoms with Crippen molar-refractivity contribution < 1.29 is 28.6 Å². The molecule has 0 heterocycles. The summed E-state index contributed by atoms with van der Waals surface area (Å²) in [4.78, 5) is 24.0. The molecule has 0 saturated carbocycles. The first kappa shape index (κ1) is 15.9. The van der Waals surface area contributed by atoms with E-state index in [9.17, 15) is 14.0 Å². The number of hydrogen-bond donors (Lipinski definition) is 1. The van der Waals surface area contributed by atoms with Crippen LogP contribution in [0.25, 0.3) is 0 Å². The number of amides is 1. The molecule has 0 fully saturated rings. The maximum absolute atomic E-state index is 13.6. The number of methoxy groups -OCH3 is 2. The molecular formula is C13H16FNO5. The lowest BCUT2D eigenvalue weighted by Crippen LogP contribution is -2.38. The highest BCUT2D eigenvalue weighted by Gasteiger charge is 2.19. The van der Waals surface area contributed by atoms with Crippen LogP contribution in [0.4, 0.5) is 4.39 Å². The third-order valence-electron chi connectivity index (χ3n) is 2.58. The van der Waals surface area contributed by atoms with E-state index in [0.717, 1.165) is 11.0 Å². The molecule has 0 aromatic heterocycles. The first-order valence-electron chi connectivity index (χ1n) is 5.83. The summed E-state index contributed by atoms with van der Waals surface area (Å²) >= 11 is 0. The summed E-state index contributed by atoms with van der Waals surface area (Å²) in [5.41, 5.74) is 0.0562. The van der Waals surface area contributed by atoms with Crippen LogP contribution < -0.4 is 4.74 Å². The molecule has 0 aliphatic rings. The molecule has 0 spiro atoms. The van der Waals surface area contributed by atoms with Crippen LogP contribution in [0.1, 0.15) is 10.4 Å². The molecule has 110 valence electrons. The van der Waals surface area contributed by atoms with Crippen molar-refractivity contribution >= 4 is 11.9 Å². The van der Waals surface area contributed by atoms with Crippen LogP contribution in [0.3, 0.4) is 0 Å². The molecule has 0 bridgehead atoms. The molecule has 0 radical (unpaired) electrons. The molecular weight excluding hydrogens is 269 g/mol. The average Bonchev–Trinajstić information content (AvgIpc) is 2.42. The van der Waals surface area contributed by atoms with Gasteiger partial charge in [0.15, 0.2) is 11.6 Å². The van der Waals surface area contributed by atoms with Crippen molar-refractivity contribution in [3.63, 3.8) is 0 Å². The van der Waals surface area contributed by atoms with E-state index in [1.807, 2.05) is 0 Å². The van der Waals surface area contributed by atoms with Crippen molar-refractivity contribution in [3.05, 3.63) is 29.6 Å². The van der Waals surface area contributed by atoms with Gasteiger partial charge in [-0.05, 0) is 18.2 Å². The van der Waals surface area contributed by atoms with Crippen LogP contribution in [0.5, 0.6) is 5.75 Å². The Kier molecular flexibility index (Phi) is 5.92. The minimum absolute atomic E-state index is 0.0169. The maximum Gasteiger partial charge on any atom is 0.323 e. The Labute approximate surface area is 115 Å². The Morgan fingerprint density at radius 3 is 2.55 bits per heavy atom. The molecule has 7 heteroatoms. The molecule has 0 atom stereocenters. The molecule has 0 aliphatic carbocycles.